The normalized spacial score (nSPS) is 13.7. The largest absolute Gasteiger partial charge is 0.496 e. The van der Waals surface area contributed by atoms with Crippen molar-refractivity contribution in [2.75, 3.05) is 50.7 Å². The first-order valence-corrected chi connectivity index (χ1v) is 10.0. The van der Waals surface area contributed by atoms with Crippen molar-refractivity contribution >= 4 is 34.0 Å². The molecule has 0 saturated carbocycles. The number of ether oxygens (including phenoxy) is 3. The first-order chi connectivity index (χ1) is 15.1. The molecule has 1 amide bonds. The Morgan fingerprint density at radius 1 is 0.935 bits per heavy atom. The van der Waals surface area contributed by atoms with Gasteiger partial charge in [0.15, 0.2) is 0 Å². The molecule has 0 unspecified atom stereocenters. The highest BCUT2D eigenvalue weighted by Gasteiger charge is 2.21. The van der Waals surface area contributed by atoms with E-state index in [0.717, 1.165) is 16.5 Å². The van der Waals surface area contributed by atoms with Crippen LogP contribution < -0.4 is 15.0 Å². The summed E-state index contributed by atoms with van der Waals surface area (Å²) in [6, 6.07) is 16.6. The third-order valence-electron chi connectivity index (χ3n) is 5.32. The quantitative estimate of drug-likeness (QED) is 0.634. The van der Waals surface area contributed by atoms with Gasteiger partial charge in [-0.05, 0) is 41.1 Å². The van der Waals surface area contributed by atoms with E-state index in [2.05, 4.69) is 10.2 Å². The Kier molecular flexibility index (Phi) is 6.04. The molecule has 1 saturated heterocycles. The predicted molar refractivity (Wildman–Crippen MR) is 119 cm³/mol. The number of fused-ring (bicyclic) bond motifs is 1. The molecule has 1 aliphatic rings. The van der Waals surface area contributed by atoms with Gasteiger partial charge < -0.3 is 24.4 Å². The molecular weight excluding hydrogens is 396 g/mol. The third kappa shape index (κ3) is 4.32. The van der Waals surface area contributed by atoms with Gasteiger partial charge in [-0.1, -0.05) is 24.3 Å². The highest BCUT2D eigenvalue weighted by atomic mass is 16.5. The molecule has 1 N–H and O–H groups in total. The maximum Gasteiger partial charge on any atom is 0.340 e. The summed E-state index contributed by atoms with van der Waals surface area (Å²) in [6.45, 7) is 2.57. The van der Waals surface area contributed by atoms with Crippen molar-refractivity contribution in [1.82, 2.24) is 0 Å². The molecule has 0 aromatic heterocycles. The highest BCUT2D eigenvalue weighted by Crippen LogP contribution is 2.29. The summed E-state index contributed by atoms with van der Waals surface area (Å²) in [6.07, 6.45) is 0. The lowest BCUT2D eigenvalue weighted by molar-refractivity contribution is 0.0600. The van der Waals surface area contributed by atoms with Gasteiger partial charge in [0.1, 0.15) is 5.75 Å². The van der Waals surface area contributed by atoms with Crippen molar-refractivity contribution in [3.8, 4) is 5.75 Å². The number of carbonyl (C=O) groups excluding carboxylic acids is 2. The highest BCUT2D eigenvalue weighted by molar-refractivity contribution is 6.09. The van der Waals surface area contributed by atoms with E-state index in [0.29, 0.717) is 48.9 Å². The van der Waals surface area contributed by atoms with Crippen LogP contribution in [0.4, 0.5) is 11.4 Å². The maximum atomic E-state index is 13.0. The molecule has 1 heterocycles. The van der Waals surface area contributed by atoms with Crippen molar-refractivity contribution < 1.29 is 23.8 Å². The van der Waals surface area contributed by atoms with Crippen molar-refractivity contribution in [2.24, 2.45) is 0 Å². The summed E-state index contributed by atoms with van der Waals surface area (Å²) in [5.74, 6) is -0.298. The summed E-state index contributed by atoms with van der Waals surface area (Å²) in [5, 5.41) is 4.80. The van der Waals surface area contributed by atoms with Crippen molar-refractivity contribution in [3.63, 3.8) is 0 Å². The number of hydrogen-bond donors (Lipinski definition) is 1. The predicted octanol–water partition coefficient (Wildman–Crippen LogP) is 3.72. The number of nitrogens with zero attached hydrogens (tertiary/aromatic N) is 1. The van der Waals surface area contributed by atoms with Crippen LogP contribution in [-0.4, -0.2) is 52.4 Å². The molecule has 1 aliphatic heterocycles. The van der Waals surface area contributed by atoms with E-state index in [-0.39, 0.29) is 5.91 Å². The van der Waals surface area contributed by atoms with Crippen LogP contribution in [0.2, 0.25) is 0 Å². The summed E-state index contributed by atoms with van der Waals surface area (Å²) in [7, 11) is 2.88. The van der Waals surface area contributed by atoms with Gasteiger partial charge >= 0.3 is 5.97 Å². The van der Waals surface area contributed by atoms with Crippen molar-refractivity contribution in [3.05, 3.63) is 65.7 Å². The van der Waals surface area contributed by atoms with E-state index in [1.165, 1.54) is 14.2 Å². The monoisotopic (exact) mass is 420 g/mol. The Labute approximate surface area is 180 Å². The number of amides is 1. The molecule has 0 atom stereocenters. The zero-order chi connectivity index (χ0) is 21.8. The number of rotatable bonds is 5. The molecule has 7 nitrogen and oxygen atoms in total. The average Bonchev–Trinajstić information content (AvgIpc) is 2.83. The molecule has 4 rings (SSSR count). The summed E-state index contributed by atoms with van der Waals surface area (Å²) < 4.78 is 15.8. The van der Waals surface area contributed by atoms with Gasteiger partial charge in [0.2, 0.25) is 0 Å². The standard InChI is InChI=1S/C24H24N2O5/c1-29-22-14-17-6-4-3-5-16(17)13-20(22)23(27)25-18-7-8-21(19(15-18)24(28)30-2)26-9-11-31-12-10-26/h3-8,13-15H,9-12H2,1-2H3,(H,25,27). The topological polar surface area (TPSA) is 77.1 Å². The maximum absolute atomic E-state index is 13.0. The van der Waals surface area contributed by atoms with E-state index in [1.807, 2.05) is 36.4 Å². The van der Waals surface area contributed by atoms with Crippen LogP contribution in [-0.2, 0) is 9.47 Å². The summed E-state index contributed by atoms with van der Waals surface area (Å²) in [5.41, 5.74) is 2.07. The first-order valence-electron chi connectivity index (χ1n) is 10.0. The minimum Gasteiger partial charge on any atom is -0.496 e. The Bertz CT molecular complexity index is 1120. The van der Waals surface area contributed by atoms with Crippen molar-refractivity contribution in [2.45, 2.75) is 0 Å². The fourth-order valence-corrected chi connectivity index (χ4v) is 3.73. The molecule has 0 bridgehead atoms. The third-order valence-corrected chi connectivity index (χ3v) is 5.32. The van der Waals surface area contributed by atoms with Gasteiger partial charge in [-0.25, -0.2) is 4.79 Å². The zero-order valence-corrected chi connectivity index (χ0v) is 17.5. The number of benzene rings is 3. The fraction of sp³-hybridized carbons (Fsp3) is 0.250. The Hall–Kier alpha value is -3.58. The van der Waals surface area contributed by atoms with Gasteiger partial charge in [-0.3, -0.25) is 4.79 Å². The van der Waals surface area contributed by atoms with Gasteiger partial charge in [0.25, 0.3) is 5.91 Å². The van der Waals surface area contributed by atoms with Crippen LogP contribution in [0.3, 0.4) is 0 Å². The first kappa shape index (κ1) is 20.7. The molecular formula is C24H24N2O5. The Balaban J connectivity index is 1.65. The number of nitrogens with one attached hydrogen (secondary N) is 1. The number of esters is 1. The van der Waals surface area contributed by atoms with Gasteiger partial charge in [0.05, 0.1) is 44.2 Å². The zero-order valence-electron chi connectivity index (χ0n) is 17.5. The second kappa shape index (κ2) is 9.06. The second-order valence-electron chi connectivity index (χ2n) is 7.18. The summed E-state index contributed by atoms with van der Waals surface area (Å²) >= 11 is 0. The number of morpholine rings is 1. The molecule has 3 aromatic carbocycles. The van der Waals surface area contributed by atoms with Crippen LogP contribution in [0.5, 0.6) is 5.75 Å². The SMILES string of the molecule is COC(=O)c1cc(NC(=O)c2cc3ccccc3cc2OC)ccc1N1CCOCC1. The van der Waals surface area contributed by atoms with E-state index in [4.69, 9.17) is 14.2 Å². The van der Waals surface area contributed by atoms with Crippen LogP contribution in [0.1, 0.15) is 20.7 Å². The second-order valence-corrected chi connectivity index (χ2v) is 7.18. The molecule has 0 radical (unpaired) electrons. The lowest BCUT2D eigenvalue weighted by atomic mass is 10.0. The molecule has 7 heteroatoms. The smallest absolute Gasteiger partial charge is 0.340 e. The van der Waals surface area contributed by atoms with Gasteiger partial charge in [-0.2, -0.15) is 0 Å². The number of carbonyl (C=O) groups is 2. The molecule has 1 fully saturated rings. The van der Waals surface area contributed by atoms with Crippen LogP contribution in [0.15, 0.2) is 54.6 Å². The fourth-order valence-electron chi connectivity index (χ4n) is 3.73. The van der Waals surface area contributed by atoms with Crippen LogP contribution >= 0.6 is 0 Å². The minimum atomic E-state index is -0.458. The molecule has 0 aliphatic carbocycles. The van der Waals surface area contributed by atoms with Gasteiger partial charge in [-0.15, -0.1) is 0 Å². The molecule has 31 heavy (non-hydrogen) atoms. The molecule has 3 aromatic rings. The molecule has 160 valence electrons. The van der Waals surface area contributed by atoms with E-state index in [1.54, 1.807) is 18.2 Å². The number of anilines is 2. The van der Waals surface area contributed by atoms with Gasteiger partial charge in [0, 0.05) is 18.8 Å². The van der Waals surface area contributed by atoms with Crippen molar-refractivity contribution in [1.29, 1.82) is 0 Å². The van der Waals surface area contributed by atoms with E-state index < -0.39 is 5.97 Å². The Morgan fingerprint density at radius 2 is 1.65 bits per heavy atom. The summed E-state index contributed by atoms with van der Waals surface area (Å²) in [4.78, 5) is 27.5. The lowest BCUT2D eigenvalue weighted by Gasteiger charge is -2.30. The average molecular weight is 420 g/mol. The number of hydrogen-bond acceptors (Lipinski definition) is 6. The van der Waals surface area contributed by atoms with Crippen LogP contribution in [0.25, 0.3) is 10.8 Å². The van der Waals surface area contributed by atoms with E-state index in [9.17, 15) is 9.59 Å². The van der Waals surface area contributed by atoms with E-state index >= 15 is 0 Å². The van der Waals surface area contributed by atoms with Crippen LogP contribution in [0, 0.1) is 0 Å². The lowest BCUT2D eigenvalue weighted by Crippen LogP contribution is -2.37. The number of methoxy groups -OCH3 is 2. The minimum absolute atomic E-state index is 0.322. The Morgan fingerprint density at radius 3 is 2.32 bits per heavy atom. The molecule has 0 spiro atoms.